The number of rotatable bonds is 8. The maximum Gasteiger partial charge on any atom is 0.325 e. The summed E-state index contributed by atoms with van der Waals surface area (Å²) in [6.07, 6.45) is 6.48. The molecule has 0 spiro atoms. The molecule has 0 radical (unpaired) electrons. The highest BCUT2D eigenvalue weighted by atomic mass is 32.2. The molecule has 0 rings (SSSR count). The summed E-state index contributed by atoms with van der Waals surface area (Å²) in [4.78, 5) is 8.79. The van der Waals surface area contributed by atoms with Crippen LogP contribution in [0.4, 0.5) is 0 Å². The lowest BCUT2D eigenvalue weighted by molar-refractivity contribution is 0.258. The highest BCUT2D eigenvalue weighted by Gasteiger charge is 2.08. The van der Waals surface area contributed by atoms with E-state index in [-0.39, 0.29) is 0 Å². The minimum absolute atomic E-state index is 0.406. The van der Waals surface area contributed by atoms with Gasteiger partial charge >= 0.3 is 7.60 Å². The normalized spacial score (nSPS) is 15.6. The van der Waals surface area contributed by atoms with E-state index in [4.69, 9.17) is 9.42 Å². The molecule has 0 saturated heterocycles. The second kappa shape index (κ2) is 7.86. The van der Waals surface area contributed by atoms with E-state index < -0.39 is 7.60 Å². The van der Waals surface area contributed by atoms with Crippen LogP contribution in [0.5, 0.6) is 0 Å². The molecule has 0 aliphatic heterocycles. The van der Waals surface area contributed by atoms with Gasteiger partial charge in [-0.25, -0.2) is 0 Å². The Morgan fingerprint density at radius 3 is 2.46 bits per heavy atom. The van der Waals surface area contributed by atoms with Gasteiger partial charge in [0.25, 0.3) is 0 Å². The predicted molar refractivity (Wildman–Crippen MR) is 58.6 cm³/mol. The van der Waals surface area contributed by atoms with Gasteiger partial charge in [-0.15, -0.1) is 0 Å². The smallest absolute Gasteiger partial charge is 0.324 e. The molecule has 0 aliphatic rings. The van der Waals surface area contributed by atoms with E-state index in [1.165, 1.54) is 25.3 Å². The highest BCUT2D eigenvalue weighted by molar-refractivity contribution is 7.98. The van der Waals surface area contributed by atoms with E-state index in [9.17, 15) is 4.57 Å². The Morgan fingerprint density at radius 1 is 1.31 bits per heavy atom. The van der Waals surface area contributed by atoms with E-state index in [0.717, 1.165) is 12.8 Å². The van der Waals surface area contributed by atoms with Crippen molar-refractivity contribution in [3.8, 4) is 0 Å². The van der Waals surface area contributed by atoms with E-state index in [1.54, 1.807) is 0 Å². The van der Waals surface area contributed by atoms with Crippen LogP contribution >= 0.6 is 19.4 Å². The first kappa shape index (κ1) is 13.5. The van der Waals surface area contributed by atoms with E-state index >= 15 is 0 Å². The largest absolute Gasteiger partial charge is 0.325 e. The van der Waals surface area contributed by atoms with Gasteiger partial charge in [0.2, 0.25) is 0 Å². The quantitative estimate of drug-likeness (QED) is 0.510. The van der Waals surface area contributed by atoms with Crippen LogP contribution in [0.3, 0.4) is 0 Å². The molecule has 13 heavy (non-hydrogen) atoms. The fraction of sp³-hybridized carbons (Fsp3) is 1.00. The van der Waals surface area contributed by atoms with E-state index in [1.807, 2.05) is 11.8 Å². The standard InChI is InChI=1S/C8H19O3PS/c1-12(9,10)11-7-5-3-4-6-8-13-2/h3-8H2,1-2H3,(H,9,10). The summed E-state index contributed by atoms with van der Waals surface area (Å²) in [5.41, 5.74) is 0. The van der Waals surface area contributed by atoms with Crippen LogP contribution in [0, 0.1) is 0 Å². The SMILES string of the molecule is CSCCCCCCOP(C)(=O)O. The Balaban J connectivity index is 3.04. The lowest BCUT2D eigenvalue weighted by Crippen LogP contribution is -1.92. The Labute approximate surface area is 84.8 Å². The van der Waals surface area contributed by atoms with Crippen LogP contribution in [-0.4, -0.2) is 30.2 Å². The summed E-state index contributed by atoms with van der Waals surface area (Å²) >= 11 is 1.85. The molecule has 0 aromatic carbocycles. The molecule has 0 aromatic rings. The van der Waals surface area contributed by atoms with Crippen LogP contribution in [0.15, 0.2) is 0 Å². The molecule has 3 nitrogen and oxygen atoms in total. The third kappa shape index (κ3) is 12.5. The first-order chi connectivity index (χ1) is 6.06. The molecule has 0 aromatic heterocycles. The van der Waals surface area contributed by atoms with E-state index in [0.29, 0.717) is 6.61 Å². The molecule has 1 unspecified atom stereocenters. The maximum absolute atomic E-state index is 10.7. The van der Waals surface area contributed by atoms with Crippen molar-refractivity contribution < 1.29 is 14.0 Å². The summed E-state index contributed by atoms with van der Waals surface area (Å²) in [7, 11) is -3.23. The molecular formula is C8H19O3PS. The zero-order valence-electron chi connectivity index (χ0n) is 8.36. The van der Waals surface area contributed by atoms with Crippen molar-refractivity contribution in [3.05, 3.63) is 0 Å². The van der Waals surface area contributed by atoms with Gasteiger partial charge in [-0.3, -0.25) is 4.57 Å². The Kier molecular flexibility index (Phi) is 8.17. The van der Waals surface area contributed by atoms with Crippen LogP contribution in [-0.2, 0) is 9.09 Å². The van der Waals surface area contributed by atoms with Crippen molar-refractivity contribution in [2.24, 2.45) is 0 Å². The summed E-state index contributed by atoms with van der Waals surface area (Å²) in [5.74, 6) is 1.20. The molecule has 80 valence electrons. The first-order valence-electron chi connectivity index (χ1n) is 4.50. The fourth-order valence-corrected chi connectivity index (χ4v) is 1.90. The molecule has 1 atom stereocenters. The predicted octanol–water partition coefficient (Wildman–Crippen LogP) is 2.74. The van der Waals surface area contributed by atoms with Gasteiger partial charge < -0.3 is 9.42 Å². The van der Waals surface area contributed by atoms with Crippen molar-refractivity contribution >= 4 is 19.4 Å². The average Bonchev–Trinajstić information content (AvgIpc) is 2.01. The van der Waals surface area contributed by atoms with Crippen LogP contribution in [0.2, 0.25) is 0 Å². The van der Waals surface area contributed by atoms with Gasteiger partial charge in [-0.1, -0.05) is 12.8 Å². The van der Waals surface area contributed by atoms with Crippen LogP contribution < -0.4 is 0 Å². The number of thioether (sulfide) groups is 1. The number of unbranched alkanes of at least 4 members (excludes halogenated alkanes) is 3. The monoisotopic (exact) mass is 226 g/mol. The summed E-state index contributed by atoms with van der Waals surface area (Å²) in [6.45, 7) is 1.63. The topological polar surface area (TPSA) is 46.5 Å². The minimum Gasteiger partial charge on any atom is -0.324 e. The fourth-order valence-electron chi connectivity index (χ4n) is 0.936. The molecule has 1 N–H and O–H groups in total. The first-order valence-corrected chi connectivity index (χ1v) is 7.92. The molecule has 0 heterocycles. The van der Waals surface area contributed by atoms with Crippen molar-refractivity contribution in [3.63, 3.8) is 0 Å². The van der Waals surface area contributed by atoms with Crippen LogP contribution in [0.1, 0.15) is 25.7 Å². The zero-order valence-corrected chi connectivity index (χ0v) is 10.1. The molecule has 0 amide bonds. The van der Waals surface area contributed by atoms with Gasteiger partial charge in [-0.2, -0.15) is 11.8 Å². The summed E-state index contributed by atoms with van der Waals surface area (Å²) in [5, 5.41) is 0. The minimum atomic E-state index is -3.23. The second-order valence-corrected chi connectivity index (χ2v) is 5.89. The number of hydrogen-bond acceptors (Lipinski definition) is 3. The molecule has 0 aliphatic carbocycles. The van der Waals surface area contributed by atoms with Crippen molar-refractivity contribution in [1.82, 2.24) is 0 Å². The molecular weight excluding hydrogens is 207 g/mol. The Bertz CT molecular complexity index is 157. The van der Waals surface area contributed by atoms with Crippen molar-refractivity contribution in [2.75, 3.05) is 25.3 Å². The lowest BCUT2D eigenvalue weighted by Gasteiger charge is -2.05. The highest BCUT2D eigenvalue weighted by Crippen LogP contribution is 2.36. The van der Waals surface area contributed by atoms with E-state index in [2.05, 4.69) is 6.26 Å². The van der Waals surface area contributed by atoms with Gasteiger partial charge in [0.15, 0.2) is 0 Å². The molecule has 0 fully saturated rings. The molecule has 0 saturated carbocycles. The summed E-state index contributed by atoms with van der Waals surface area (Å²) in [6, 6.07) is 0. The third-order valence-electron chi connectivity index (χ3n) is 1.57. The third-order valence-corrected chi connectivity index (χ3v) is 2.93. The zero-order chi connectivity index (χ0) is 10.2. The van der Waals surface area contributed by atoms with Crippen molar-refractivity contribution in [2.45, 2.75) is 25.7 Å². The lowest BCUT2D eigenvalue weighted by atomic mass is 10.2. The van der Waals surface area contributed by atoms with Gasteiger partial charge in [0, 0.05) is 6.66 Å². The second-order valence-electron chi connectivity index (χ2n) is 3.04. The summed E-state index contributed by atoms with van der Waals surface area (Å²) < 4.78 is 15.4. The van der Waals surface area contributed by atoms with Gasteiger partial charge in [0.1, 0.15) is 0 Å². The molecule has 5 heteroatoms. The Morgan fingerprint density at radius 2 is 1.92 bits per heavy atom. The average molecular weight is 226 g/mol. The van der Waals surface area contributed by atoms with Gasteiger partial charge in [0.05, 0.1) is 6.61 Å². The van der Waals surface area contributed by atoms with Crippen molar-refractivity contribution in [1.29, 1.82) is 0 Å². The maximum atomic E-state index is 10.7. The van der Waals surface area contributed by atoms with Crippen LogP contribution in [0.25, 0.3) is 0 Å². The molecule has 0 bridgehead atoms. The Hall–Kier alpha value is 0.500. The number of hydrogen-bond donors (Lipinski definition) is 1. The van der Waals surface area contributed by atoms with Gasteiger partial charge in [-0.05, 0) is 24.9 Å².